The Balaban J connectivity index is 1.86. The third-order valence-electron chi connectivity index (χ3n) is 3.02. The van der Waals surface area contributed by atoms with Crippen LogP contribution in [-0.2, 0) is 0 Å². The van der Waals surface area contributed by atoms with Crippen LogP contribution in [0.2, 0.25) is 5.02 Å². The van der Waals surface area contributed by atoms with Crippen LogP contribution in [-0.4, -0.2) is 13.2 Å². The van der Waals surface area contributed by atoms with E-state index in [4.69, 9.17) is 26.8 Å². The molecule has 20 heavy (non-hydrogen) atoms. The number of halogens is 1. The number of benzene rings is 2. The molecule has 0 fully saturated rings. The van der Waals surface area contributed by atoms with Gasteiger partial charge in [0.2, 0.25) is 0 Å². The van der Waals surface area contributed by atoms with Crippen molar-refractivity contribution in [1.82, 2.24) is 0 Å². The van der Waals surface area contributed by atoms with E-state index in [1.54, 1.807) is 12.1 Å². The molecule has 5 heteroatoms. The number of ether oxygens (including phenoxy) is 2. The molecule has 0 aliphatic carbocycles. The Hall–Kier alpha value is -2.07. The number of nitrogen functional groups attached to an aromatic ring is 1. The highest BCUT2D eigenvalue weighted by atomic mass is 35.5. The van der Waals surface area contributed by atoms with E-state index in [0.29, 0.717) is 23.9 Å². The maximum atomic E-state index is 6.15. The number of fused-ring (bicyclic) bond motifs is 1. The summed E-state index contributed by atoms with van der Waals surface area (Å²) in [6.45, 7) is 1.35. The van der Waals surface area contributed by atoms with Gasteiger partial charge in [-0.2, -0.15) is 0 Å². The van der Waals surface area contributed by atoms with Crippen molar-refractivity contribution in [2.75, 3.05) is 24.3 Å². The van der Waals surface area contributed by atoms with Crippen molar-refractivity contribution in [2.24, 2.45) is 0 Å². The van der Waals surface area contributed by atoms with Gasteiger partial charge >= 0.3 is 0 Å². The van der Waals surface area contributed by atoms with Crippen LogP contribution in [0.3, 0.4) is 0 Å². The number of anilines is 3. The van der Waals surface area contributed by atoms with Crippen molar-refractivity contribution in [2.45, 2.75) is 6.42 Å². The summed E-state index contributed by atoms with van der Waals surface area (Å²) in [6.07, 6.45) is 0.890. The molecule has 0 amide bonds. The molecule has 1 heterocycles. The minimum atomic E-state index is 0.581. The lowest BCUT2D eigenvalue weighted by molar-refractivity contribution is 0.297. The molecule has 2 aromatic carbocycles. The van der Waals surface area contributed by atoms with Gasteiger partial charge in [-0.05, 0) is 30.3 Å². The summed E-state index contributed by atoms with van der Waals surface area (Å²) in [6, 6.07) is 11.1. The molecule has 0 aromatic heterocycles. The highest BCUT2D eigenvalue weighted by molar-refractivity contribution is 6.33. The molecule has 0 saturated carbocycles. The summed E-state index contributed by atoms with van der Waals surface area (Å²) in [5.74, 6) is 1.52. The normalized spacial score (nSPS) is 13.7. The van der Waals surface area contributed by atoms with Crippen LogP contribution in [0.1, 0.15) is 6.42 Å². The number of hydrogen-bond donors (Lipinski definition) is 2. The predicted octanol–water partition coefficient (Wildman–Crippen LogP) is 3.83. The van der Waals surface area contributed by atoms with Gasteiger partial charge in [0.25, 0.3) is 0 Å². The van der Waals surface area contributed by atoms with Gasteiger partial charge in [-0.15, -0.1) is 0 Å². The van der Waals surface area contributed by atoms with E-state index >= 15 is 0 Å². The summed E-state index contributed by atoms with van der Waals surface area (Å²) in [5, 5.41) is 3.83. The lowest BCUT2D eigenvalue weighted by atomic mass is 10.2. The van der Waals surface area contributed by atoms with E-state index in [9.17, 15) is 0 Å². The second kappa shape index (κ2) is 5.51. The highest BCUT2D eigenvalue weighted by Crippen LogP contribution is 2.34. The van der Waals surface area contributed by atoms with Crippen molar-refractivity contribution in [3.05, 3.63) is 41.4 Å². The van der Waals surface area contributed by atoms with E-state index in [2.05, 4.69) is 5.32 Å². The summed E-state index contributed by atoms with van der Waals surface area (Å²) in [4.78, 5) is 0. The summed E-state index contributed by atoms with van der Waals surface area (Å²) < 4.78 is 11.3. The van der Waals surface area contributed by atoms with E-state index in [1.165, 1.54) is 0 Å². The van der Waals surface area contributed by atoms with Gasteiger partial charge < -0.3 is 20.5 Å². The van der Waals surface area contributed by atoms with Gasteiger partial charge in [0.05, 0.1) is 23.9 Å². The van der Waals surface area contributed by atoms with Gasteiger partial charge in [0.15, 0.2) is 11.5 Å². The molecule has 0 atom stereocenters. The summed E-state index contributed by atoms with van der Waals surface area (Å²) >= 11 is 6.15. The molecule has 0 saturated heterocycles. The molecule has 1 aliphatic heterocycles. The fourth-order valence-corrected chi connectivity index (χ4v) is 2.27. The van der Waals surface area contributed by atoms with Crippen LogP contribution in [0.5, 0.6) is 11.5 Å². The molecule has 3 rings (SSSR count). The van der Waals surface area contributed by atoms with Crippen LogP contribution in [0.4, 0.5) is 17.1 Å². The van der Waals surface area contributed by atoms with Crippen LogP contribution in [0.25, 0.3) is 0 Å². The fourth-order valence-electron chi connectivity index (χ4n) is 2.03. The summed E-state index contributed by atoms with van der Waals surface area (Å²) in [7, 11) is 0. The topological polar surface area (TPSA) is 56.5 Å². The minimum absolute atomic E-state index is 0.581. The molecule has 2 aromatic rings. The van der Waals surface area contributed by atoms with Gasteiger partial charge in [-0.3, -0.25) is 0 Å². The van der Waals surface area contributed by atoms with Crippen molar-refractivity contribution < 1.29 is 9.47 Å². The Kier molecular flexibility index (Phi) is 3.56. The zero-order valence-electron chi connectivity index (χ0n) is 10.9. The minimum Gasteiger partial charge on any atom is -0.490 e. The first kappa shape index (κ1) is 12.9. The van der Waals surface area contributed by atoms with Crippen LogP contribution in [0.15, 0.2) is 36.4 Å². The van der Waals surface area contributed by atoms with Gasteiger partial charge in [0.1, 0.15) is 0 Å². The molecule has 0 radical (unpaired) electrons. The molecule has 3 N–H and O–H groups in total. The van der Waals surface area contributed by atoms with E-state index in [0.717, 1.165) is 29.3 Å². The molecule has 0 spiro atoms. The zero-order valence-corrected chi connectivity index (χ0v) is 11.6. The molecule has 4 nitrogen and oxygen atoms in total. The Morgan fingerprint density at radius 1 is 1.00 bits per heavy atom. The standard InChI is InChI=1S/C15H15ClN2O2/c16-12-8-10(17)2-4-13(12)18-11-3-5-14-15(9-11)20-7-1-6-19-14/h2-5,8-9,18H,1,6-7,17H2. The molecule has 0 bridgehead atoms. The zero-order chi connectivity index (χ0) is 13.9. The first-order valence-corrected chi connectivity index (χ1v) is 6.82. The van der Waals surface area contributed by atoms with E-state index in [1.807, 2.05) is 24.3 Å². The Labute approximate surface area is 122 Å². The maximum absolute atomic E-state index is 6.15. The van der Waals surface area contributed by atoms with E-state index < -0.39 is 0 Å². The maximum Gasteiger partial charge on any atom is 0.163 e. The Bertz CT molecular complexity index is 631. The summed E-state index contributed by atoms with van der Waals surface area (Å²) in [5.41, 5.74) is 8.01. The molecular weight excluding hydrogens is 276 g/mol. The third-order valence-corrected chi connectivity index (χ3v) is 3.33. The fraction of sp³-hybridized carbons (Fsp3) is 0.200. The molecule has 0 unspecified atom stereocenters. The number of nitrogens with one attached hydrogen (secondary N) is 1. The average Bonchev–Trinajstić information content (AvgIpc) is 2.66. The lowest BCUT2D eigenvalue weighted by Gasteiger charge is -2.12. The first-order valence-electron chi connectivity index (χ1n) is 6.44. The van der Waals surface area contributed by atoms with Crippen molar-refractivity contribution in [3.8, 4) is 11.5 Å². The van der Waals surface area contributed by atoms with Crippen molar-refractivity contribution in [1.29, 1.82) is 0 Å². The lowest BCUT2D eigenvalue weighted by Crippen LogP contribution is -1.97. The molecule has 1 aliphatic rings. The largest absolute Gasteiger partial charge is 0.490 e. The first-order chi connectivity index (χ1) is 9.72. The average molecular weight is 291 g/mol. The van der Waals surface area contributed by atoms with Crippen LogP contribution >= 0.6 is 11.6 Å². The SMILES string of the molecule is Nc1ccc(Nc2ccc3c(c2)OCCCO3)c(Cl)c1. The number of rotatable bonds is 2. The third kappa shape index (κ3) is 2.75. The second-order valence-corrected chi connectivity index (χ2v) is 4.98. The van der Waals surface area contributed by atoms with Gasteiger partial charge in [0, 0.05) is 23.9 Å². The predicted molar refractivity (Wildman–Crippen MR) is 81.2 cm³/mol. The monoisotopic (exact) mass is 290 g/mol. The Morgan fingerprint density at radius 2 is 1.80 bits per heavy atom. The molecule has 104 valence electrons. The number of hydrogen-bond acceptors (Lipinski definition) is 4. The smallest absolute Gasteiger partial charge is 0.163 e. The Morgan fingerprint density at radius 3 is 2.60 bits per heavy atom. The number of nitrogens with two attached hydrogens (primary N) is 1. The quantitative estimate of drug-likeness (QED) is 0.826. The highest BCUT2D eigenvalue weighted by Gasteiger charge is 2.11. The molecular formula is C15H15ClN2O2. The van der Waals surface area contributed by atoms with Crippen LogP contribution < -0.4 is 20.5 Å². The van der Waals surface area contributed by atoms with Crippen LogP contribution in [0, 0.1) is 0 Å². The van der Waals surface area contributed by atoms with Gasteiger partial charge in [-0.25, -0.2) is 0 Å². The van der Waals surface area contributed by atoms with E-state index in [-0.39, 0.29) is 0 Å². The van der Waals surface area contributed by atoms with Crippen molar-refractivity contribution in [3.63, 3.8) is 0 Å². The second-order valence-electron chi connectivity index (χ2n) is 4.58. The van der Waals surface area contributed by atoms with Gasteiger partial charge in [-0.1, -0.05) is 11.6 Å². The van der Waals surface area contributed by atoms with Crippen molar-refractivity contribution >= 4 is 28.7 Å².